The number of hydrogen-bond acceptors (Lipinski definition) is 5. The molecule has 2 rings (SSSR count). The molecule has 1 atom stereocenters. The first kappa shape index (κ1) is 18.9. The third kappa shape index (κ3) is 5.85. The van der Waals surface area contributed by atoms with E-state index in [4.69, 9.17) is 0 Å². The Labute approximate surface area is 147 Å². The number of carbonyl (C=O) groups excluding carboxylic acids is 1. The predicted molar refractivity (Wildman–Crippen MR) is 97.3 cm³/mol. The monoisotopic (exact) mass is 343 g/mol. The molecule has 2 aromatic rings. The molecular weight excluding hydrogens is 318 g/mol. The minimum absolute atomic E-state index is 0.0635. The largest absolute Gasteiger partial charge is 0.508 e. The molecule has 0 saturated carbocycles. The molecule has 4 N–H and O–H groups in total. The fraction of sp³-hybridized carbons (Fsp3) is 0.368. The molecule has 6 heteroatoms. The number of benzene rings is 1. The van der Waals surface area contributed by atoms with Gasteiger partial charge in [-0.15, -0.1) is 0 Å². The van der Waals surface area contributed by atoms with Crippen molar-refractivity contribution < 1.29 is 15.0 Å². The number of aromatic nitrogens is 1. The van der Waals surface area contributed by atoms with Crippen molar-refractivity contribution in [3.63, 3.8) is 0 Å². The highest BCUT2D eigenvalue weighted by Crippen LogP contribution is 2.20. The zero-order chi connectivity index (χ0) is 18.6. The summed E-state index contributed by atoms with van der Waals surface area (Å²) in [5.74, 6) is -0.155. The molecular formula is C19H25N3O3. The van der Waals surface area contributed by atoms with Gasteiger partial charge in [-0.3, -0.25) is 15.1 Å². The van der Waals surface area contributed by atoms with E-state index in [1.807, 2.05) is 27.7 Å². The summed E-state index contributed by atoms with van der Waals surface area (Å²) in [6, 6.07) is 8.43. The van der Waals surface area contributed by atoms with Gasteiger partial charge in [-0.1, -0.05) is 17.7 Å². The van der Waals surface area contributed by atoms with Crippen molar-refractivity contribution in [3.8, 4) is 5.75 Å². The van der Waals surface area contributed by atoms with Crippen molar-refractivity contribution in [1.29, 1.82) is 0 Å². The van der Waals surface area contributed by atoms with E-state index < -0.39 is 6.23 Å². The van der Waals surface area contributed by atoms with Crippen LogP contribution in [0, 0.1) is 6.92 Å². The zero-order valence-electron chi connectivity index (χ0n) is 15.0. The molecule has 0 bridgehead atoms. The van der Waals surface area contributed by atoms with E-state index in [2.05, 4.69) is 15.6 Å². The second-order valence-corrected chi connectivity index (χ2v) is 7.12. The van der Waals surface area contributed by atoms with E-state index in [-0.39, 0.29) is 23.6 Å². The normalized spacial score (nSPS) is 12.7. The van der Waals surface area contributed by atoms with E-state index in [1.54, 1.807) is 30.3 Å². The fourth-order valence-electron chi connectivity index (χ4n) is 2.39. The summed E-state index contributed by atoms with van der Waals surface area (Å²) in [6.07, 6.45) is 0.661. The van der Waals surface area contributed by atoms with Gasteiger partial charge in [-0.05, 0) is 45.9 Å². The van der Waals surface area contributed by atoms with E-state index in [0.29, 0.717) is 16.9 Å². The number of aliphatic hydroxyl groups is 1. The molecule has 25 heavy (non-hydrogen) atoms. The molecule has 1 unspecified atom stereocenters. The van der Waals surface area contributed by atoms with Crippen LogP contribution in [0.15, 0.2) is 36.5 Å². The first-order chi connectivity index (χ1) is 11.6. The molecule has 1 aromatic heterocycles. The lowest BCUT2D eigenvalue weighted by Crippen LogP contribution is -2.39. The van der Waals surface area contributed by atoms with Gasteiger partial charge in [0.2, 0.25) is 5.91 Å². The van der Waals surface area contributed by atoms with E-state index >= 15 is 0 Å². The highest BCUT2D eigenvalue weighted by atomic mass is 16.3. The molecule has 0 aliphatic heterocycles. The van der Waals surface area contributed by atoms with Crippen molar-refractivity contribution in [2.24, 2.45) is 0 Å². The van der Waals surface area contributed by atoms with Gasteiger partial charge in [0.05, 0.1) is 12.1 Å². The quantitative estimate of drug-likeness (QED) is 0.626. The highest BCUT2D eigenvalue weighted by molar-refractivity contribution is 5.92. The Balaban J connectivity index is 2.06. The maximum atomic E-state index is 12.2. The molecule has 6 nitrogen and oxygen atoms in total. The standard InChI is InChI=1S/C19H25N3O3/c1-12-5-6-16(23)13(9-12)10-17(24)21-14-7-8-20-15(11-14)18(25)22-19(2,3)4/h5-9,11,18,22-23,25H,10H2,1-4H3,(H,20,21,24). The van der Waals surface area contributed by atoms with Crippen molar-refractivity contribution in [3.05, 3.63) is 53.3 Å². The molecule has 1 aromatic carbocycles. The van der Waals surface area contributed by atoms with Crippen LogP contribution in [0.1, 0.15) is 43.8 Å². The molecule has 1 amide bonds. The smallest absolute Gasteiger partial charge is 0.228 e. The second-order valence-electron chi connectivity index (χ2n) is 7.12. The number of anilines is 1. The minimum atomic E-state index is -0.933. The molecule has 0 saturated heterocycles. The Kier molecular flexibility index (Phi) is 5.77. The van der Waals surface area contributed by atoms with E-state index in [9.17, 15) is 15.0 Å². The SMILES string of the molecule is Cc1ccc(O)c(CC(=O)Nc2ccnc(C(O)NC(C)(C)C)c2)c1. The first-order valence-corrected chi connectivity index (χ1v) is 8.14. The molecule has 1 heterocycles. The van der Waals surface area contributed by atoms with Crippen LogP contribution in [0.3, 0.4) is 0 Å². The molecule has 134 valence electrons. The van der Waals surface area contributed by atoms with Gasteiger partial charge in [0.15, 0.2) is 0 Å². The van der Waals surface area contributed by atoms with Crippen molar-refractivity contribution in [2.45, 2.75) is 45.9 Å². The summed E-state index contributed by atoms with van der Waals surface area (Å²) in [5.41, 5.74) is 2.23. The Morgan fingerprint density at radius 1 is 1.24 bits per heavy atom. The van der Waals surface area contributed by atoms with Gasteiger partial charge in [0.25, 0.3) is 0 Å². The van der Waals surface area contributed by atoms with Gasteiger partial charge in [-0.2, -0.15) is 0 Å². The van der Waals surface area contributed by atoms with Gasteiger partial charge < -0.3 is 15.5 Å². The number of nitrogens with one attached hydrogen (secondary N) is 2. The van der Waals surface area contributed by atoms with Crippen LogP contribution < -0.4 is 10.6 Å². The minimum Gasteiger partial charge on any atom is -0.508 e. The number of carbonyl (C=O) groups is 1. The average Bonchev–Trinajstić information content (AvgIpc) is 2.49. The van der Waals surface area contributed by atoms with Crippen LogP contribution in [0.25, 0.3) is 0 Å². The predicted octanol–water partition coefficient (Wildman–Crippen LogP) is 2.66. The number of nitrogens with zero attached hydrogens (tertiary/aromatic N) is 1. The number of aliphatic hydroxyl groups excluding tert-OH is 1. The summed E-state index contributed by atoms with van der Waals surface area (Å²) in [6.45, 7) is 7.72. The van der Waals surface area contributed by atoms with Crippen LogP contribution in [0.4, 0.5) is 5.69 Å². The summed E-state index contributed by atoms with van der Waals surface area (Å²) in [5, 5.41) is 25.8. The molecule has 0 fully saturated rings. The number of phenols is 1. The molecule has 0 aliphatic carbocycles. The lowest BCUT2D eigenvalue weighted by Gasteiger charge is -2.24. The Bertz CT molecular complexity index is 754. The van der Waals surface area contributed by atoms with Gasteiger partial charge in [-0.25, -0.2) is 0 Å². The maximum absolute atomic E-state index is 12.2. The van der Waals surface area contributed by atoms with Crippen molar-refractivity contribution in [2.75, 3.05) is 5.32 Å². The Morgan fingerprint density at radius 2 is 1.96 bits per heavy atom. The van der Waals surface area contributed by atoms with E-state index in [0.717, 1.165) is 5.56 Å². The van der Waals surface area contributed by atoms with Crippen LogP contribution in [-0.4, -0.2) is 26.6 Å². The van der Waals surface area contributed by atoms with Crippen LogP contribution in [0.2, 0.25) is 0 Å². The summed E-state index contributed by atoms with van der Waals surface area (Å²) >= 11 is 0. The van der Waals surface area contributed by atoms with Crippen LogP contribution in [0.5, 0.6) is 5.75 Å². The summed E-state index contributed by atoms with van der Waals surface area (Å²) in [4.78, 5) is 16.4. The number of rotatable bonds is 5. The first-order valence-electron chi connectivity index (χ1n) is 8.14. The topological polar surface area (TPSA) is 94.5 Å². The van der Waals surface area contributed by atoms with E-state index in [1.165, 1.54) is 6.20 Å². The average molecular weight is 343 g/mol. The number of aromatic hydroxyl groups is 1. The summed E-state index contributed by atoms with van der Waals surface area (Å²) < 4.78 is 0. The number of amides is 1. The number of aryl methyl sites for hydroxylation is 1. The maximum Gasteiger partial charge on any atom is 0.228 e. The fourth-order valence-corrected chi connectivity index (χ4v) is 2.39. The highest BCUT2D eigenvalue weighted by Gasteiger charge is 2.18. The lowest BCUT2D eigenvalue weighted by atomic mass is 10.1. The third-order valence-corrected chi connectivity index (χ3v) is 3.50. The molecule has 0 aliphatic rings. The van der Waals surface area contributed by atoms with Gasteiger partial charge >= 0.3 is 0 Å². The summed E-state index contributed by atoms with van der Waals surface area (Å²) in [7, 11) is 0. The molecule has 0 spiro atoms. The molecule has 0 radical (unpaired) electrons. The number of phenolic OH excluding ortho intramolecular Hbond substituents is 1. The van der Waals surface area contributed by atoms with Gasteiger partial charge in [0, 0.05) is 23.0 Å². The van der Waals surface area contributed by atoms with Crippen molar-refractivity contribution in [1.82, 2.24) is 10.3 Å². The third-order valence-electron chi connectivity index (χ3n) is 3.50. The number of hydrogen-bond donors (Lipinski definition) is 4. The van der Waals surface area contributed by atoms with Crippen LogP contribution >= 0.6 is 0 Å². The second kappa shape index (κ2) is 7.63. The van der Waals surface area contributed by atoms with Gasteiger partial charge in [0.1, 0.15) is 12.0 Å². The van der Waals surface area contributed by atoms with Crippen molar-refractivity contribution >= 4 is 11.6 Å². The Morgan fingerprint density at radius 3 is 2.64 bits per heavy atom. The lowest BCUT2D eigenvalue weighted by molar-refractivity contribution is -0.115. The van der Waals surface area contributed by atoms with Crippen LogP contribution in [-0.2, 0) is 11.2 Å². The Hall–Kier alpha value is -2.44. The number of pyridine rings is 1. The zero-order valence-corrected chi connectivity index (χ0v) is 15.0.